The highest BCUT2D eigenvalue weighted by Crippen LogP contribution is 2.19. The second-order valence-corrected chi connectivity index (χ2v) is 8.35. The van der Waals surface area contributed by atoms with E-state index >= 15 is 0 Å². The molecule has 0 saturated carbocycles. The largest absolute Gasteiger partial charge is 0.486 e. The van der Waals surface area contributed by atoms with Crippen molar-refractivity contribution in [3.63, 3.8) is 0 Å². The molecule has 0 unspecified atom stereocenters. The lowest BCUT2D eigenvalue weighted by Crippen LogP contribution is -2.15. The third-order valence-electron chi connectivity index (χ3n) is 4.29. The number of rotatable bonds is 8. The van der Waals surface area contributed by atoms with Gasteiger partial charge in [0.05, 0.1) is 4.90 Å². The Hall–Kier alpha value is -4.25. The number of sulfonamides is 1. The zero-order valence-corrected chi connectivity index (χ0v) is 17.8. The van der Waals surface area contributed by atoms with Crippen LogP contribution in [0.15, 0.2) is 88.4 Å². The fourth-order valence-corrected chi connectivity index (χ4v) is 3.66. The molecule has 0 spiro atoms. The summed E-state index contributed by atoms with van der Waals surface area (Å²) in [4.78, 5) is 20.1. The fourth-order valence-electron chi connectivity index (χ4n) is 2.70. The molecule has 4 aromatic rings. The SMILES string of the molecule is O=C(Nc1ccc(S(=O)(=O)Nc2ncccn2)cc1)c1ccc(COc2ccc(F)cc2)o1. The zero-order chi connectivity index (χ0) is 23.3. The van der Waals surface area contributed by atoms with Gasteiger partial charge in [0.2, 0.25) is 5.95 Å². The summed E-state index contributed by atoms with van der Waals surface area (Å²) in [6, 6.07) is 15.7. The van der Waals surface area contributed by atoms with Gasteiger partial charge in [-0.3, -0.25) is 4.79 Å². The van der Waals surface area contributed by atoms with Crippen molar-refractivity contribution in [1.29, 1.82) is 0 Å². The first kappa shape index (κ1) is 22.0. The molecule has 2 heterocycles. The molecule has 0 fully saturated rings. The van der Waals surface area contributed by atoms with Gasteiger partial charge in [0.25, 0.3) is 15.9 Å². The van der Waals surface area contributed by atoms with Crippen LogP contribution in [-0.2, 0) is 16.6 Å². The number of amides is 1. The van der Waals surface area contributed by atoms with Crippen LogP contribution in [0.25, 0.3) is 0 Å². The number of hydrogen-bond donors (Lipinski definition) is 2. The number of benzene rings is 2. The summed E-state index contributed by atoms with van der Waals surface area (Å²) in [6.45, 7) is 0.0591. The molecule has 2 aromatic heterocycles. The summed E-state index contributed by atoms with van der Waals surface area (Å²) in [5, 5.41) is 2.62. The Labute approximate surface area is 188 Å². The standard InChI is InChI=1S/C22H17FN4O5S/c23-15-2-6-17(7-3-15)31-14-18-8-11-20(32-18)21(28)26-16-4-9-19(10-5-16)33(29,30)27-22-24-12-1-13-25-22/h1-13H,14H2,(H,26,28)(H,24,25,27). The third kappa shape index (κ3) is 5.71. The number of aromatic nitrogens is 2. The Morgan fingerprint density at radius 2 is 1.67 bits per heavy atom. The summed E-state index contributed by atoms with van der Waals surface area (Å²) in [5.74, 6) is -0.0256. The van der Waals surface area contributed by atoms with Crippen LogP contribution in [0.1, 0.15) is 16.3 Å². The van der Waals surface area contributed by atoms with E-state index in [1.807, 2.05) is 0 Å². The molecule has 2 aromatic carbocycles. The Morgan fingerprint density at radius 3 is 2.36 bits per heavy atom. The van der Waals surface area contributed by atoms with E-state index in [-0.39, 0.29) is 29.0 Å². The lowest BCUT2D eigenvalue weighted by molar-refractivity contribution is 0.0992. The molecule has 168 valence electrons. The Bertz CT molecular complexity index is 1340. The van der Waals surface area contributed by atoms with Gasteiger partial charge in [-0.05, 0) is 66.7 Å². The van der Waals surface area contributed by atoms with E-state index in [0.29, 0.717) is 17.2 Å². The quantitative estimate of drug-likeness (QED) is 0.403. The summed E-state index contributed by atoms with van der Waals surface area (Å²) in [6.07, 6.45) is 2.83. The topological polar surface area (TPSA) is 123 Å². The van der Waals surface area contributed by atoms with Crippen molar-refractivity contribution in [2.75, 3.05) is 10.0 Å². The van der Waals surface area contributed by atoms with E-state index in [9.17, 15) is 17.6 Å². The van der Waals surface area contributed by atoms with E-state index < -0.39 is 15.9 Å². The molecular formula is C22H17FN4O5S. The average Bonchev–Trinajstić information content (AvgIpc) is 3.29. The fraction of sp³-hybridized carbons (Fsp3) is 0.0455. The molecule has 9 nitrogen and oxygen atoms in total. The van der Waals surface area contributed by atoms with E-state index in [2.05, 4.69) is 20.0 Å². The first-order chi connectivity index (χ1) is 15.9. The van der Waals surface area contributed by atoms with E-state index in [0.717, 1.165) is 0 Å². The van der Waals surface area contributed by atoms with Crippen molar-refractivity contribution < 1.29 is 26.8 Å². The van der Waals surface area contributed by atoms with Crippen LogP contribution in [0.5, 0.6) is 5.75 Å². The van der Waals surface area contributed by atoms with E-state index in [1.165, 1.54) is 67.0 Å². The summed E-state index contributed by atoms with van der Waals surface area (Å²) in [5.41, 5.74) is 0.371. The van der Waals surface area contributed by atoms with Crippen LogP contribution in [0, 0.1) is 5.82 Å². The van der Waals surface area contributed by atoms with Gasteiger partial charge in [-0.15, -0.1) is 0 Å². The first-order valence-corrected chi connectivity index (χ1v) is 11.1. The van der Waals surface area contributed by atoms with Crippen LogP contribution in [0.3, 0.4) is 0 Å². The zero-order valence-electron chi connectivity index (χ0n) is 16.9. The molecule has 0 atom stereocenters. The smallest absolute Gasteiger partial charge is 0.291 e. The highest BCUT2D eigenvalue weighted by molar-refractivity contribution is 7.92. The van der Waals surface area contributed by atoms with E-state index in [4.69, 9.17) is 9.15 Å². The lowest BCUT2D eigenvalue weighted by Gasteiger charge is -2.08. The Morgan fingerprint density at radius 1 is 0.970 bits per heavy atom. The minimum absolute atomic E-state index is 0.0221. The predicted molar refractivity (Wildman–Crippen MR) is 117 cm³/mol. The number of furan rings is 1. The van der Waals surface area contributed by atoms with E-state index in [1.54, 1.807) is 12.1 Å². The Balaban J connectivity index is 1.35. The highest BCUT2D eigenvalue weighted by atomic mass is 32.2. The van der Waals surface area contributed by atoms with Gasteiger partial charge in [0, 0.05) is 18.1 Å². The van der Waals surface area contributed by atoms with Crippen molar-refractivity contribution in [3.05, 3.63) is 96.5 Å². The summed E-state index contributed by atoms with van der Waals surface area (Å²) < 4.78 is 51.0. The molecule has 33 heavy (non-hydrogen) atoms. The molecule has 0 aliphatic carbocycles. The van der Waals surface area contributed by atoms with Gasteiger partial charge in [-0.1, -0.05) is 0 Å². The van der Waals surface area contributed by atoms with Crippen LogP contribution in [-0.4, -0.2) is 24.3 Å². The van der Waals surface area contributed by atoms with Crippen molar-refractivity contribution in [3.8, 4) is 5.75 Å². The van der Waals surface area contributed by atoms with Crippen molar-refractivity contribution in [1.82, 2.24) is 9.97 Å². The minimum Gasteiger partial charge on any atom is -0.486 e. The summed E-state index contributed by atoms with van der Waals surface area (Å²) >= 11 is 0. The molecule has 0 bridgehead atoms. The average molecular weight is 468 g/mol. The van der Waals surface area contributed by atoms with Gasteiger partial charge in [0.15, 0.2) is 5.76 Å². The second-order valence-electron chi connectivity index (χ2n) is 6.66. The number of hydrogen-bond acceptors (Lipinski definition) is 7. The highest BCUT2D eigenvalue weighted by Gasteiger charge is 2.16. The number of carbonyl (C=O) groups is 1. The van der Waals surface area contributed by atoms with Gasteiger partial charge in [-0.25, -0.2) is 27.5 Å². The maximum Gasteiger partial charge on any atom is 0.291 e. The number of carbonyl (C=O) groups excluding carboxylic acids is 1. The molecule has 11 heteroatoms. The van der Waals surface area contributed by atoms with Crippen LogP contribution >= 0.6 is 0 Å². The van der Waals surface area contributed by atoms with Crippen molar-refractivity contribution in [2.24, 2.45) is 0 Å². The number of anilines is 2. The normalized spacial score (nSPS) is 11.1. The third-order valence-corrected chi connectivity index (χ3v) is 5.64. The summed E-state index contributed by atoms with van der Waals surface area (Å²) in [7, 11) is -3.88. The number of nitrogens with zero attached hydrogens (tertiary/aromatic N) is 2. The predicted octanol–water partition coefficient (Wildman–Crippen LogP) is 3.84. The maximum atomic E-state index is 12.9. The van der Waals surface area contributed by atoms with Crippen molar-refractivity contribution in [2.45, 2.75) is 11.5 Å². The first-order valence-electron chi connectivity index (χ1n) is 9.57. The molecule has 2 N–H and O–H groups in total. The van der Waals surface area contributed by atoms with Crippen molar-refractivity contribution >= 4 is 27.6 Å². The Kier molecular flexibility index (Phi) is 6.31. The molecule has 0 saturated heterocycles. The molecule has 0 radical (unpaired) electrons. The molecule has 4 rings (SSSR count). The molecule has 0 aliphatic rings. The number of nitrogens with one attached hydrogen (secondary N) is 2. The van der Waals surface area contributed by atoms with Gasteiger partial charge in [-0.2, -0.15) is 0 Å². The van der Waals surface area contributed by atoms with Gasteiger partial charge >= 0.3 is 0 Å². The minimum atomic E-state index is -3.88. The monoisotopic (exact) mass is 468 g/mol. The second kappa shape index (κ2) is 9.49. The molecular weight excluding hydrogens is 451 g/mol. The molecule has 0 aliphatic heterocycles. The number of ether oxygens (including phenoxy) is 1. The number of halogens is 1. The van der Waals surface area contributed by atoms with Crippen LogP contribution in [0.2, 0.25) is 0 Å². The maximum absolute atomic E-state index is 12.9. The van der Waals surface area contributed by atoms with Crippen LogP contribution < -0.4 is 14.8 Å². The molecule has 1 amide bonds. The van der Waals surface area contributed by atoms with Gasteiger partial charge < -0.3 is 14.5 Å². The van der Waals surface area contributed by atoms with Crippen LogP contribution in [0.4, 0.5) is 16.0 Å². The van der Waals surface area contributed by atoms with Gasteiger partial charge in [0.1, 0.15) is 23.9 Å². The lowest BCUT2D eigenvalue weighted by atomic mass is 10.3.